The van der Waals surface area contributed by atoms with Gasteiger partial charge in [0.2, 0.25) is 0 Å². The van der Waals surface area contributed by atoms with Crippen molar-refractivity contribution in [2.24, 2.45) is 0 Å². The van der Waals surface area contributed by atoms with Crippen molar-refractivity contribution in [1.82, 2.24) is 0 Å². The average Bonchev–Trinajstić information content (AvgIpc) is 1.63. The van der Waals surface area contributed by atoms with Crippen LogP contribution in [0.15, 0.2) is 0 Å². The summed E-state index contributed by atoms with van der Waals surface area (Å²) in [6.45, 7) is 0.957. The molecule has 1 atom stereocenters. The minimum absolute atomic E-state index is 0.929. The first-order valence-electron chi connectivity index (χ1n) is 1.81. The fourth-order valence-corrected chi connectivity index (χ4v) is 0.614. The van der Waals surface area contributed by atoms with Gasteiger partial charge in [0.1, 0.15) is 0 Å². The molecule has 0 aliphatic rings. The zero-order valence-corrected chi connectivity index (χ0v) is 6.06. The zero-order chi connectivity index (χ0) is 7.49. The second kappa shape index (κ2) is 3.17. The maximum Gasteiger partial charge on any atom is 0.546 e. The Morgan fingerprint density at radius 2 is 2.22 bits per heavy atom. The van der Waals surface area contributed by atoms with Crippen molar-refractivity contribution in [2.75, 3.05) is 0 Å². The minimum Gasteiger partial charge on any atom is -0.370 e. The number of halogens is 1. The van der Waals surface area contributed by atoms with Gasteiger partial charge in [-0.05, 0) is 0 Å². The van der Waals surface area contributed by atoms with Gasteiger partial charge in [-0.25, -0.2) is 4.57 Å². The molecular formula is C2H4ClO5P. The number of hydrogen-bond acceptors (Lipinski definition) is 4. The second-order valence-corrected chi connectivity index (χ2v) is 2.79. The molecule has 0 bridgehead atoms. The molecule has 0 aromatic heterocycles. The normalized spacial score (nSPS) is 16.3. The van der Waals surface area contributed by atoms with Gasteiger partial charge in [-0.3, -0.25) is 9.69 Å². The Balaban J connectivity index is 3.88. The highest BCUT2D eigenvalue weighted by molar-refractivity contribution is 7.49. The topological polar surface area (TPSA) is 72.8 Å². The van der Waals surface area contributed by atoms with Crippen LogP contribution in [0.4, 0.5) is 0 Å². The molecule has 1 N–H and O–H groups in total. The van der Waals surface area contributed by atoms with Crippen molar-refractivity contribution < 1.29 is 22.9 Å². The Labute approximate surface area is 56.3 Å². The Kier molecular flexibility index (Phi) is 3.14. The molecule has 0 aliphatic carbocycles. The predicted octanol–water partition coefficient (Wildman–Crippen LogP) is 0.820. The van der Waals surface area contributed by atoms with E-state index in [4.69, 9.17) is 4.89 Å². The van der Waals surface area contributed by atoms with Crippen molar-refractivity contribution >= 4 is 25.7 Å². The van der Waals surface area contributed by atoms with Gasteiger partial charge in [0.05, 0.1) is 11.9 Å². The number of rotatable bonds is 2. The number of phosphoric acid groups is 1. The van der Waals surface area contributed by atoms with Gasteiger partial charge in [0.15, 0.2) is 0 Å². The van der Waals surface area contributed by atoms with Crippen LogP contribution in [0.5, 0.6) is 0 Å². The Bertz CT molecular complexity index is 155. The van der Waals surface area contributed by atoms with Crippen LogP contribution in [0.2, 0.25) is 0 Å². The van der Waals surface area contributed by atoms with E-state index in [1.165, 1.54) is 0 Å². The molecule has 0 aromatic carbocycles. The van der Waals surface area contributed by atoms with Crippen LogP contribution < -0.4 is 0 Å². The van der Waals surface area contributed by atoms with Crippen LogP contribution in [0.1, 0.15) is 6.92 Å². The first-order valence-corrected chi connectivity index (χ1v) is 3.61. The third kappa shape index (κ3) is 4.42. The van der Waals surface area contributed by atoms with Gasteiger partial charge in [-0.2, -0.15) is 4.08 Å². The lowest BCUT2D eigenvalue weighted by atomic mass is 10.9. The lowest BCUT2D eigenvalue weighted by molar-refractivity contribution is -0.133. The minimum atomic E-state index is -4.31. The van der Waals surface area contributed by atoms with Gasteiger partial charge in [0.25, 0.3) is 0 Å². The lowest BCUT2D eigenvalue weighted by Crippen LogP contribution is -1.95. The average molecular weight is 174 g/mol. The highest BCUT2D eigenvalue weighted by Crippen LogP contribution is 2.44. The Hall–Kier alpha value is -0.0900. The van der Waals surface area contributed by atoms with E-state index in [1.54, 1.807) is 0 Å². The molecule has 9 heavy (non-hydrogen) atoms. The first kappa shape index (κ1) is 8.91. The molecule has 7 heteroatoms. The summed E-state index contributed by atoms with van der Waals surface area (Å²) in [4.78, 5) is 18.2. The summed E-state index contributed by atoms with van der Waals surface area (Å²) >= 11 is 4.45. The molecule has 0 rings (SSSR count). The summed E-state index contributed by atoms with van der Waals surface area (Å²) in [5, 5.41) is 0. The summed E-state index contributed by atoms with van der Waals surface area (Å²) < 4.78 is 17.2. The van der Waals surface area contributed by atoms with Crippen LogP contribution in [0.25, 0.3) is 0 Å². The van der Waals surface area contributed by atoms with Gasteiger partial charge in [0, 0.05) is 6.92 Å². The molecule has 0 fully saturated rings. The number of carbonyl (C=O) groups excluding carboxylic acids is 1. The van der Waals surface area contributed by atoms with Gasteiger partial charge >= 0.3 is 13.8 Å². The fraction of sp³-hybridized carbons (Fsp3) is 0.500. The Morgan fingerprint density at radius 1 is 1.78 bits per heavy atom. The molecule has 0 radical (unpaired) electrons. The largest absolute Gasteiger partial charge is 0.546 e. The molecule has 5 nitrogen and oxygen atoms in total. The maximum absolute atomic E-state index is 10.2. The van der Waals surface area contributed by atoms with Gasteiger partial charge < -0.3 is 4.52 Å². The summed E-state index contributed by atoms with van der Waals surface area (Å²) in [5.41, 5.74) is 0. The molecule has 0 spiro atoms. The quantitative estimate of drug-likeness (QED) is 0.628. The fourth-order valence-electron chi connectivity index (χ4n) is 0.177. The van der Waals surface area contributed by atoms with Crippen molar-refractivity contribution in [3.05, 3.63) is 0 Å². The molecule has 0 aliphatic heterocycles. The number of carbonyl (C=O) groups is 1. The third-order valence-electron chi connectivity index (χ3n) is 0.331. The maximum atomic E-state index is 10.2. The van der Waals surface area contributed by atoms with E-state index in [1.807, 2.05) is 0 Å². The van der Waals surface area contributed by atoms with E-state index < -0.39 is 13.8 Å². The molecule has 1 unspecified atom stereocenters. The monoisotopic (exact) mass is 174 g/mol. The Morgan fingerprint density at radius 3 is 2.33 bits per heavy atom. The van der Waals surface area contributed by atoms with Crippen LogP contribution in [0, 0.1) is 0 Å². The van der Waals surface area contributed by atoms with Gasteiger partial charge in [-0.15, -0.1) is 0 Å². The molecule has 0 aromatic rings. The summed E-state index contributed by atoms with van der Waals surface area (Å²) in [7, 11) is -4.31. The van der Waals surface area contributed by atoms with Gasteiger partial charge in [-0.1, -0.05) is 0 Å². The molecular weight excluding hydrogens is 170 g/mol. The number of phosphoric ester groups is 1. The predicted molar refractivity (Wildman–Crippen MR) is 28.5 cm³/mol. The summed E-state index contributed by atoms with van der Waals surface area (Å²) in [5.74, 6) is -0.929. The smallest absolute Gasteiger partial charge is 0.370 e. The lowest BCUT2D eigenvalue weighted by Gasteiger charge is -2.02. The summed E-state index contributed by atoms with van der Waals surface area (Å²) in [6.07, 6.45) is 0. The molecule has 54 valence electrons. The van der Waals surface area contributed by atoms with E-state index in [0.29, 0.717) is 0 Å². The van der Waals surface area contributed by atoms with Crippen molar-refractivity contribution in [2.45, 2.75) is 6.92 Å². The summed E-state index contributed by atoms with van der Waals surface area (Å²) in [6, 6.07) is 0. The number of hydrogen-bond donors (Lipinski definition) is 1. The van der Waals surface area contributed by atoms with Crippen LogP contribution in [0.3, 0.4) is 0 Å². The molecule has 0 heterocycles. The molecule has 0 saturated carbocycles. The van der Waals surface area contributed by atoms with E-state index in [0.717, 1.165) is 6.92 Å². The second-order valence-electron chi connectivity index (χ2n) is 1.12. The van der Waals surface area contributed by atoms with Crippen LogP contribution in [-0.2, 0) is 18.0 Å². The standard InChI is InChI=1S/C2H4ClO5P/c1-2(4)7-9(5,6)8-3/h1H3,(H,5,6). The molecule has 0 amide bonds. The highest BCUT2D eigenvalue weighted by atomic mass is 35.5. The van der Waals surface area contributed by atoms with Crippen molar-refractivity contribution in [3.8, 4) is 0 Å². The van der Waals surface area contributed by atoms with E-state index in [9.17, 15) is 9.36 Å². The first-order chi connectivity index (χ1) is 3.98. The van der Waals surface area contributed by atoms with E-state index in [-0.39, 0.29) is 0 Å². The molecule has 0 saturated heterocycles. The van der Waals surface area contributed by atoms with Crippen molar-refractivity contribution in [1.29, 1.82) is 0 Å². The third-order valence-corrected chi connectivity index (χ3v) is 1.52. The van der Waals surface area contributed by atoms with Crippen LogP contribution >= 0.6 is 19.7 Å². The highest BCUT2D eigenvalue weighted by Gasteiger charge is 2.23. The van der Waals surface area contributed by atoms with E-state index in [2.05, 4.69) is 20.5 Å². The van der Waals surface area contributed by atoms with Crippen molar-refractivity contribution in [3.63, 3.8) is 0 Å². The van der Waals surface area contributed by atoms with Crippen LogP contribution in [-0.4, -0.2) is 10.9 Å². The van der Waals surface area contributed by atoms with E-state index >= 15 is 0 Å². The zero-order valence-electron chi connectivity index (χ0n) is 4.41. The SMILES string of the molecule is CC(=O)OP(=O)(O)OCl.